The molecular weight excluding hydrogens is 717 g/mol. The number of nitrogens with zero attached hydrogens (tertiary/aromatic N) is 4. The van der Waals surface area contributed by atoms with Crippen molar-refractivity contribution in [2.24, 2.45) is 28.1 Å². The van der Waals surface area contributed by atoms with Gasteiger partial charge in [-0.05, 0) is 99.3 Å². The van der Waals surface area contributed by atoms with Crippen LogP contribution in [0.4, 0.5) is 5.69 Å². The molecule has 11 heteroatoms. The van der Waals surface area contributed by atoms with Gasteiger partial charge in [0.15, 0.2) is 0 Å². The lowest BCUT2D eigenvalue weighted by atomic mass is 9.33. The molecule has 2 unspecified atom stereocenters. The Morgan fingerprint density at radius 1 is 1.04 bits per heavy atom. The van der Waals surface area contributed by atoms with Crippen molar-refractivity contribution in [3.63, 3.8) is 0 Å². The molecule has 0 radical (unpaired) electrons. The zero-order chi connectivity index (χ0) is 43.2. The smallest absolute Gasteiger partial charge is 0.251 e. The number of aliphatic hydroxyl groups is 1. The fourth-order valence-corrected chi connectivity index (χ4v) is 9.40. The molecule has 5 rings (SSSR count). The number of aliphatic hydroxyl groups excluding tert-OH is 1. The zero-order valence-electron chi connectivity index (χ0n) is 38.5. The van der Waals surface area contributed by atoms with Gasteiger partial charge >= 0.3 is 0 Å². The van der Waals surface area contributed by atoms with Crippen LogP contribution in [-0.2, 0) is 16.2 Å². The van der Waals surface area contributed by atoms with Crippen LogP contribution in [0.1, 0.15) is 97.5 Å². The molecule has 11 nitrogen and oxygen atoms in total. The van der Waals surface area contributed by atoms with Crippen molar-refractivity contribution >= 4 is 17.5 Å². The van der Waals surface area contributed by atoms with Crippen molar-refractivity contribution in [3.05, 3.63) is 47.5 Å². The van der Waals surface area contributed by atoms with Gasteiger partial charge in [0.1, 0.15) is 24.0 Å². The summed E-state index contributed by atoms with van der Waals surface area (Å²) < 4.78 is 5.97. The Kier molecular flexibility index (Phi) is 16.6. The van der Waals surface area contributed by atoms with E-state index in [2.05, 4.69) is 64.0 Å². The van der Waals surface area contributed by atoms with Crippen LogP contribution in [0, 0.1) is 28.1 Å². The Hall–Kier alpha value is -3.22. The number of anilines is 1. The van der Waals surface area contributed by atoms with E-state index in [0.29, 0.717) is 23.3 Å². The minimum absolute atomic E-state index is 0.0165. The fourth-order valence-electron chi connectivity index (χ4n) is 9.40. The molecule has 2 aromatic rings. The number of hydroxylamine groups is 2. The Morgan fingerprint density at radius 3 is 2.14 bits per heavy atom. The van der Waals surface area contributed by atoms with Crippen molar-refractivity contribution in [1.29, 1.82) is 0 Å². The van der Waals surface area contributed by atoms with Crippen LogP contribution < -0.4 is 20.3 Å². The maximum atomic E-state index is 13.7. The van der Waals surface area contributed by atoms with Crippen LogP contribution in [-0.4, -0.2) is 126 Å². The van der Waals surface area contributed by atoms with Crippen molar-refractivity contribution < 1.29 is 24.3 Å². The summed E-state index contributed by atoms with van der Waals surface area (Å²) in [6.45, 7) is 21.7. The maximum Gasteiger partial charge on any atom is 0.251 e. The van der Waals surface area contributed by atoms with Gasteiger partial charge in [-0.2, -0.15) is 5.06 Å². The van der Waals surface area contributed by atoms with E-state index in [1.807, 2.05) is 102 Å². The summed E-state index contributed by atoms with van der Waals surface area (Å²) >= 11 is 0. The molecular formula is C46H78N6O5. The van der Waals surface area contributed by atoms with Crippen LogP contribution >= 0.6 is 0 Å². The van der Waals surface area contributed by atoms with E-state index in [0.717, 1.165) is 52.6 Å². The topological polar surface area (TPSA) is 110 Å². The van der Waals surface area contributed by atoms with E-state index in [4.69, 9.17) is 9.57 Å². The molecule has 57 heavy (non-hydrogen) atoms. The third kappa shape index (κ3) is 11.3. The molecule has 1 heterocycles. The molecule has 322 valence electrons. The van der Waals surface area contributed by atoms with Crippen molar-refractivity contribution in [3.8, 4) is 16.9 Å². The van der Waals surface area contributed by atoms with Gasteiger partial charge in [0.2, 0.25) is 5.91 Å². The summed E-state index contributed by atoms with van der Waals surface area (Å²) in [6, 6.07) is 10.7. The van der Waals surface area contributed by atoms with Crippen LogP contribution in [0.5, 0.6) is 5.75 Å². The van der Waals surface area contributed by atoms with E-state index in [-0.39, 0.29) is 29.8 Å². The SMILES string of the molecule is CC.CNC(=O)[C@@H]1[C@H](O)C(CN(C)C)ON1Cc1cccc(-c2cc(C(=O)N[C@H](CN(C)C)CC(C)(C)C)cc(N(C)C)c2)c1OC.C[C@@H]1C(C)(C)[C@H]2CCC12C. The number of carbonyl (C=O) groups excluding carboxylic acids is 2. The van der Waals surface area contributed by atoms with Crippen LogP contribution in [0.2, 0.25) is 0 Å². The quantitative estimate of drug-likeness (QED) is 0.202. The number of hydrogen-bond acceptors (Lipinski definition) is 9. The van der Waals surface area contributed by atoms with E-state index in [1.54, 1.807) is 14.2 Å². The molecule has 7 atom stereocenters. The lowest BCUT2D eigenvalue weighted by Crippen LogP contribution is -2.65. The number of amides is 2. The second kappa shape index (κ2) is 19.7. The number of benzene rings is 2. The van der Waals surface area contributed by atoms with Crippen LogP contribution in [0.15, 0.2) is 36.4 Å². The molecule has 3 fully saturated rings. The summed E-state index contributed by atoms with van der Waals surface area (Å²) in [5, 5.41) is 18.5. The Morgan fingerprint density at radius 2 is 1.68 bits per heavy atom. The first kappa shape index (κ1) is 48.2. The number of ether oxygens (including phenoxy) is 1. The van der Waals surface area contributed by atoms with E-state index < -0.39 is 18.2 Å². The Bertz CT molecular complexity index is 1620. The van der Waals surface area contributed by atoms with Gasteiger partial charge in [-0.25, -0.2) is 0 Å². The molecule has 2 aliphatic carbocycles. The zero-order valence-corrected chi connectivity index (χ0v) is 38.5. The number of hydrogen-bond donors (Lipinski definition) is 3. The van der Waals surface area contributed by atoms with Crippen molar-refractivity contribution in [1.82, 2.24) is 25.5 Å². The monoisotopic (exact) mass is 795 g/mol. The van der Waals surface area contributed by atoms with Gasteiger partial charge in [-0.15, -0.1) is 0 Å². The van der Waals surface area contributed by atoms with Crippen molar-refractivity contribution in [2.75, 3.05) is 74.4 Å². The molecule has 3 aliphatic rings. The van der Waals surface area contributed by atoms with Crippen molar-refractivity contribution in [2.45, 2.75) is 112 Å². The summed E-state index contributed by atoms with van der Waals surface area (Å²) in [5.41, 5.74) is 5.29. The first-order valence-electron chi connectivity index (χ1n) is 21.0. The molecule has 0 aromatic heterocycles. The average molecular weight is 795 g/mol. The fraction of sp³-hybridized carbons (Fsp3) is 0.696. The van der Waals surface area contributed by atoms with Gasteiger partial charge in [-0.3, -0.25) is 14.4 Å². The van der Waals surface area contributed by atoms with E-state index in [1.165, 1.54) is 17.9 Å². The molecule has 2 amide bonds. The number of rotatable bonds is 13. The number of para-hydroxylation sites is 1. The predicted molar refractivity (Wildman–Crippen MR) is 235 cm³/mol. The Balaban J connectivity index is 0.000000615. The lowest BCUT2D eigenvalue weighted by Gasteiger charge is -2.72. The maximum absolute atomic E-state index is 13.7. The summed E-state index contributed by atoms with van der Waals surface area (Å²) in [7, 11) is 14.9. The number of nitrogens with one attached hydrogen (secondary N) is 2. The Labute approximate surface area is 345 Å². The first-order valence-corrected chi connectivity index (χ1v) is 21.0. The molecule has 3 N–H and O–H groups in total. The molecule has 1 aliphatic heterocycles. The second-order valence-electron chi connectivity index (χ2n) is 19.0. The summed E-state index contributed by atoms with van der Waals surface area (Å²) in [6.07, 6.45) is 2.25. The highest BCUT2D eigenvalue weighted by atomic mass is 16.7. The second-order valence-corrected chi connectivity index (χ2v) is 19.0. The van der Waals surface area contributed by atoms with Gasteiger partial charge < -0.3 is 35.2 Å². The van der Waals surface area contributed by atoms with Gasteiger partial charge in [0, 0.05) is 62.7 Å². The van der Waals surface area contributed by atoms with Gasteiger partial charge in [0.05, 0.1) is 13.7 Å². The first-order chi connectivity index (χ1) is 26.5. The number of fused-ring (bicyclic) bond motifs is 1. The molecule has 0 bridgehead atoms. The normalized spacial score (nSPS) is 25.4. The van der Waals surface area contributed by atoms with Gasteiger partial charge in [-0.1, -0.05) is 80.5 Å². The highest BCUT2D eigenvalue weighted by Crippen LogP contribution is 2.73. The number of methoxy groups -OCH3 is 1. The number of likely N-dealkylation sites (N-methyl/N-ethyl adjacent to an activating group) is 3. The highest BCUT2D eigenvalue weighted by Gasteiger charge is 2.65. The summed E-state index contributed by atoms with van der Waals surface area (Å²) in [5.74, 6) is 2.15. The largest absolute Gasteiger partial charge is 0.496 e. The predicted octanol–water partition coefficient (Wildman–Crippen LogP) is 6.78. The minimum atomic E-state index is -1.01. The van der Waals surface area contributed by atoms with Crippen LogP contribution in [0.3, 0.4) is 0 Å². The minimum Gasteiger partial charge on any atom is -0.496 e. The average Bonchev–Trinajstić information content (AvgIpc) is 3.42. The summed E-state index contributed by atoms with van der Waals surface area (Å²) in [4.78, 5) is 38.7. The lowest BCUT2D eigenvalue weighted by molar-refractivity contribution is -0.232. The third-order valence-corrected chi connectivity index (χ3v) is 12.5. The van der Waals surface area contributed by atoms with Gasteiger partial charge in [0.25, 0.3) is 5.91 Å². The number of carbonyl (C=O) groups is 2. The molecule has 1 saturated heterocycles. The molecule has 0 spiro atoms. The van der Waals surface area contributed by atoms with E-state index in [9.17, 15) is 14.7 Å². The molecule has 2 saturated carbocycles. The molecule has 2 aromatic carbocycles. The van der Waals surface area contributed by atoms with Crippen LogP contribution in [0.25, 0.3) is 11.1 Å². The third-order valence-electron chi connectivity index (χ3n) is 12.5. The van der Waals surface area contributed by atoms with E-state index >= 15 is 0 Å². The highest BCUT2D eigenvalue weighted by molar-refractivity contribution is 5.97. The standard InChI is InChI=1S/C34H54N6O5.C10H18.C2H6/c1-34(2,3)18-25(20-37(5)6)36-32(42)24-15-23(16-26(17-24)39(9)10)27-14-12-13-22(31(27)44-11)19-40-29(33(43)35-4)30(41)28(45-40)21-38(7)8;1-7-9(2,3)8-5-6-10(7,8)4;1-2/h12-17,25,28-30,41H,18-21H2,1-11H3,(H,35,43)(H,36,42);7-8H,5-6H2,1-4H3;1-2H3/t25-,28?,29-,30+;7-,8-,10?;/m01./s1.